The molecular weight excluding hydrogens is 1340 g/mol. The molecule has 0 radical (unpaired) electrons. The molecule has 0 aliphatic rings. The Morgan fingerprint density at radius 2 is 0.447 bits per heavy atom. The Labute approximate surface area is 632 Å². The van der Waals surface area contributed by atoms with Crippen LogP contribution in [0.15, 0.2) is 0 Å². The van der Waals surface area contributed by atoms with Gasteiger partial charge in [0, 0.05) is 25.7 Å². The molecule has 19 heteroatoms. The second-order valence-electron chi connectivity index (χ2n) is 31.6. The summed E-state index contributed by atoms with van der Waals surface area (Å²) in [4.78, 5) is 73.2. The van der Waals surface area contributed by atoms with E-state index in [9.17, 15) is 43.2 Å². The number of phosphoric ester groups is 2. The van der Waals surface area contributed by atoms with Gasteiger partial charge in [-0.25, -0.2) is 9.13 Å². The van der Waals surface area contributed by atoms with Crippen LogP contribution in [0, 0.1) is 17.8 Å². The molecule has 0 aromatic rings. The number of aliphatic hydroxyl groups is 1. The molecule has 17 nitrogen and oxygen atoms in total. The number of rotatable bonds is 82. The zero-order valence-corrected chi connectivity index (χ0v) is 69.6. The third kappa shape index (κ3) is 78.0. The lowest BCUT2D eigenvalue weighted by Gasteiger charge is -2.21. The predicted molar refractivity (Wildman–Crippen MR) is 423 cm³/mol. The first-order valence-electron chi connectivity index (χ1n) is 43.3. The summed E-state index contributed by atoms with van der Waals surface area (Å²) in [7, 11) is -9.93. The highest BCUT2D eigenvalue weighted by Crippen LogP contribution is 2.45. The molecule has 0 saturated carbocycles. The number of hydrogen-bond donors (Lipinski definition) is 3. The molecule has 0 aliphatic heterocycles. The smallest absolute Gasteiger partial charge is 0.462 e. The van der Waals surface area contributed by atoms with Gasteiger partial charge in [0.05, 0.1) is 26.4 Å². The fraction of sp³-hybridized carbons (Fsp3) is 0.952. The maximum absolute atomic E-state index is 13.1. The number of carbonyl (C=O) groups excluding carboxylic acids is 4. The van der Waals surface area contributed by atoms with Crippen LogP contribution < -0.4 is 0 Å². The van der Waals surface area contributed by atoms with E-state index in [0.717, 1.165) is 108 Å². The number of ether oxygens (including phenoxy) is 4. The van der Waals surface area contributed by atoms with E-state index in [-0.39, 0.29) is 25.7 Å². The van der Waals surface area contributed by atoms with Crippen molar-refractivity contribution >= 4 is 39.5 Å². The lowest BCUT2D eigenvalue weighted by atomic mass is 10.0. The number of unbranched alkanes of at least 4 members (excludes halogenated alkanes) is 50. The zero-order chi connectivity index (χ0) is 75.8. The van der Waals surface area contributed by atoms with E-state index in [1.54, 1.807) is 0 Å². The molecule has 0 aromatic heterocycles. The standard InChI is InChI=1S/C84H164O17P2/c1-8-9-10-11-12-13-14-15-16-17-18-19-26-31-38-46-53-60-67-83(88)100-79(71-94-81(86)65-58-51-44-37-30-25-21-20-23-28-34-41-48-55-62-75(2)3)73-98-102(90,91)96-69-78(85)70-97-103(92,93)99-74-80(72-95-82(87)66-59-52-45-40-33-36-43-50-57-64-77(6)7)101-84(89)68-61-54-47-39-32-27-22-24-29-35-42-49-56-63-76(4)5/h75-80,85H,8-74H2,1-7H3,(H,90,91)(H,92,93)/t78-,79-,80-/m1/s1. The molecule has 0 saturated heterocycles. The molecule has 0 spiro atoms. The predicted octanol–water partition coefficient (Wildman–Crippen LogP) is 25.3. The van der Waals surface area contributed by atoms with Gasteiger partial charge in [0.15, 0.2) is 12.2 Å². The largest absolute Gasteiger partial charge is 0.472 e. The minimum absolute atomic E-state index is 0.107. The van der Waals surface area contributed by atoms with E-state index in [4.69, 9.17) is 37.0 Å². The molecule has 2 unspecified atom stereocenters. The Bertz CT molecular complexity index is 1990. The van der Waals surface area contributed by atoms with Crippen molar-refractivity contribution in [1.82, 2.24) is 0 Å². The van der Waals surface area contributed by atoms with E-state index in [0.29, 0.717) is 25.7 Å². The molecule has 612 valence electrons. The lowest BCUT2D eigenvalue weighted by molar-refractivity contribution is -0.161. The molecule has 0 amide bonds. The van der Waals surface area contributed by atoms with Crippen molar-refractivity contribution in [2.24, 2.45) is 17.8 Å². The highest BCUT2D eigenvalue weighted by Gasteiger charge is 2.30. The number of aliphatic hydroxyl groups excluding tert-OH is 1. The van der Waals surface area contributed by atoms with Crippen molar-refractivity contribution in [3.8, 4) is 0 Å². The van der Waals surface area contributed by atoms with Crippen LogP contribution in [0.5, 0.6) is 0 Å². The highest BCUT2D eigenvalue weighted by atomic mass is 31.2. The van der Waals surface area contributed by atoms with Crippen LogP contribution in [0.3, 0.4) is 0 Å². The first-order chi connectivity index (χ1) is 49.7. The molecule has 0 rings (SSSR count). The summed E-state index contributed by atoms with van der Waals surface area (Å²) in [6, 6.07) is 0. The monoisotopic (exact) mass is 1510 g/mol. The number of esters is 4. The van der Waals surface area contributed by atoms with Gasteiger partial charge in [0.1, 0.15) is 19.3 Å². The summed E-state index contributed by atoms with van der Waals surface area (Å²) in [6.07, 6.45) is 63.8. The second-order valence-corrected chi connectivity index (χ2v) is 34.6. The molecule has 0 aliphatic carbocycles. The van der Waals surface area contributed by atoms with Crippen LogP contribution in [0.4, 0.5) is 0 Å². The SMILES string of the molecule is CCCCCCCCCCCCCCCCCCCCC(=O)O[C@H](COC(=O)CCCCCCCCCCCCCCCCC(C)C)COP(=O)(O)OC[C@@H](O)COP(=O)(O)OC[C@@H](COC(=O)CCCCCCCCCCCC(C)C)OC(=O)CCCCCCCCCCCCCCCC(C)C. The Kier molecular flexibility index (Phi) is 72.8. The molecule has 0 bridgehead atoms. The van der Waals surface area contributed by atoms with Gasteiger partial charge in [0.25, 0.3) is 0 Å². The van der Waals surface area contributed by atoms with Gasteiger partial charge in [-0.2, -0.15) is 0 Å². The van der Waals surface area contributed by atoms with E-state index < -0.39 is 97.5 Å². The van der Waals surface area contributed by atoms with Gasteiger partial charge < -0.3 is 33.8 Å². The van der Waals surface area contributed by atoms with E-state index in [1.165, 1.54) is 250 Å². The summed E-state index contributed by atoms with van der Waals surface area (Å²) in [6.45, 7) is 12.0. The van der Waals surface area contributed by atoms with Gasteiger partial charge in [-0.15, -0.1) is 0 Å². The highest BCUT2D eigenvalue weighted by molar-refractivity contribution is 7.47. The fourth-order valence-electron chi connectivity index (χ4n) is 13.0. The van der Waals surface area contributed by atoms with Crippen molar-refractivity contribution in [2.45, 2.75) is 458 Å². The second kappa shape index (κ2) is 74.2. The van der Waals surface area contributed by atoms with Crippen LogP contribution in [0.1, 0.15) is 440 Å². The molecule has 103 heavy (non-hydrogen) atoms. The molecule has 3 N–H and O–H groups in total. The third-order valence-corrected chi connectivity index (χ3v) is 21.5. The van der Waals surface area contributed by atoms with Crippen molar-refractivity contribution in [3.05, 3.63) is 0 Å². The summed E-state index contributed by atoms with van der Waals surface area (Å²) >= 11 is 0. The van der Waals surface area contributed by atoms with Gasteiger partial charge >= 0.3 is 39.5 Å². The average molecular weight is 1510 g/mol. The van der Waals surface area contributed by atoms with Crippen LogP contribution in [0.25, 0.3) is 0 Å². The maximum atomic E-state index is 13.1. The van der Waals surface area contributed by atoms with E-state index in [1.807, 2.05) is 0 Å². The minimum Gasteiger partial charge on any atom is -0.462 e. The molecular formula is C84H164O17P2. The normalized spacial score (nSPS) is 13.9. The summed E-state index contributed by atoms with van der Waals surface area (Å²) in [5, 5.41) is 10.7. The molecule has 0 aromatic carbocycles. The van der Waals surface area contributed by atoms with Crippen LogP contribution >= 0.6 is 15.6 Å². The molecule has 0 heterocycles. The average Bonchev–Trinajstić information content (AvgIpc) is 0.904. The lowest BCUT2D eigenvalue weighted by Crippen LogP contribution is -2.30. The third-order valence-electron chi connectivity index (χ3n) is 19.6. The first kappa shape index (κ1) is 101. The van der Waals surface area contributed by atoms with Gasteiger partial charge in [-0.05, 0) is 43.4 Å². The number of hydrogen-bond acceptors (Lipinski definition) is 15. The number of phosphoric acid groups is 2. The zero-order valence-electron chi connectivity index (χ0n) is 67.8. The minimum atomic E-state index is -4.96. The Balaban J connectivity index is 5.27. The van der Waals surface area contributed by atoms with Crippen molar-refractivity contribution in [1.29, 1.82) is 0 Å². The fourth-order valence-corrected chi connectivity index (χ4v) is 14.6. The number of carbonyl (C=O) groups is 4. The van der Waals surface area contributed by atoms with Gasteiger partial charge in [-0.1, -0.05) is 389 Å². The summed E-state index contributed by atoms with van der Waals surface area (Å²) in [5.41, 5.74) is 0. The molecule has 5 atom stereocenters. The topological polar surface area (TPSA) is 237 Å². The van der Waals surface area contributed by atoms with Gasteiger partial charge in [0.2, 0.25) is 0 Å². The maximum Gasteiger partial charge on any atom is 0.472 e. The summed E-state index contributed by atoms with van der Waals surface area (Å²) in [5.74, 6) is 0.224. The van der Waals surface area contributed by atoms with Crippen molar-refractivity contribution in [2.75, 3.05) is 39.6 Å². The van der Waals surface area contributed by atoms with E-state index in [2.05, 4.69) is 48.5 Å². The molecule has 0 fully saturated rings. The first-order valence-corrected chi connectivity index (χ1v) is 46.3. The Morgan fingerprint density at radius 1 is 0.262 bits per heavy atom. The quantitative estimate of drug-likeness (QED) is 0.0222. The van der Waals surface area contributed by atoms with Crippen LogP contribution in [-0.4, -0.2) is 96.7 Å². The van der Waals surface area contributed by atoms with Gasteiger partial charge in [-0.3, -0.25) is 37.3 Å². The Morgan fingerprint density at radius 3 is 0.660 bits per heavy atom. The van der Waals surface area contributed by atoms with E-state index >= 15 is 0 Å². The Hall–Kier alpha value is -1.94. The van der Waals surface area contributed by atoms with Crippen LogP contribution in [0.2, 0.25) is 0 Å². The van der Waals surface area contributed by atoms with Crippen molar-refractivity contribution < 1.29 is 80.2 Å². The van der Waals surface area contributed by atoms with Crippen LogP contribution in [-0.2, 0) is 65.4 Å². The summed E-state index contributed by atoms with van der Waals surface area (Å²) < 4.78 is 68.9. The van der Waals surface area contributed by atoms with Crippen molar-refractivity contribution in [3.63, 3.8) is 0 Å².